The maximum atomic E-state index is 12.7. The molecule has 5 heteroatoms. The van der Waals surface area contributed by atoms with E-state index >= 15 is 0 Å². The van der Waals surface area contributed by atoms with Gasteiger partial charge < -0.3 is 5.32 Å². The maximum Gasteiger partial charge on any atom is 0.269 e. The minimum Gasteiger partial charge on any atom is -0.322 e. The van der Waals surface area contributed by atoms with Gasteiger partial charge in [0.2, 0.25) is 0 Å². The lowest BCUT2D eigenvalue weighted by molar-refractivity contribution is -0.384. The van der Waals surface area contributed by atoms with E-state index in [9.17, 15) is 14.9 Å². The molecule has 5 nitrogen and oxygen atoms in total. The van der Waals surface area contributed by atoms with Crippen LogP contribution >= 0.6 is 0 Å². The summed E-state index contributed by atoms with van der Waals surface area (Å²) in [6, 6.07) is 19.7. The highest BCUT2D eigenvalue weighted by molar-refractivity contribution is 6.07. The lowest BCUT2D eigenvalue weighted by Crippen LogP contribution is -2.14. The zero-order valence-electron chi connectivity index (χ0n) is 13.2. The standard InChI is InChI=1S/C20H14N2O3/c23-20(21-14-8-10-15(11-9-14)22(24)25)18-7-3-6-17-16-5-2-1-4-13(16)12-19(17)18/h1-11H,12H2,(H,21,23). The number of hydrogen-bond donors (Lipinski definition) is 1. The minimum atomic E-state index is -0.465. The van der Waals surface area contributed by atoms with Gasteiger partial charge in [-0.05, 0) is 46.9 Å². The summed E-state index contributed by atoms with van der Waals surface area (Å²) in [4.78, 5) is 22.9. The molecule has 0 spiro atoms. The molecule has 3 aromatic rings. The lowest BCUT2D eigenvalue weighted by Gasteiger charge is -2.09. The molecule has 1 aliphatic rings. The van der Waals surface area contributed by atoms with Gasteiger partial charge >= 0.3 is 0 Å². The molecule has 0 saturated heterocycles. The minimum absolute atomic E-state index is 0.00551. The van der Waals surface area contributed by atoms with Crippen molar-refractivity contribution in [1.82, 2.24) is 0 Å². The first-order chi connectivity index (χ1) is 12.1. The topological polar surface area (TPSA) is 72.2 Å². The van der Waals surface area contributed by atoms with E-state index in [2.05, 4.69) is 17.4 Å². The molecule has 0 radical (unpaired) electrons. The fourth-order valence-electron chi connectivity index (χ4n) is 3.23. The molecule has 25 heavy (non-hydrogen) atoms. The van der Waals surface area contributed by atoms with Crippen molar-refractivity contribution in [3.8, 4) is 11.1 Å². The molecule has 4 rings (SSSR count). The molecule has 0 fully saturated rings. The fourth-order valence-corrected chi connectivity index (χ4v) is 3.23. The summed E-state index contributed by atoms with van der Waals surface area (Å²) >= 11 is 0. The van der Waals surface area contributed by atoms with Gasteiger partial charge in [-0.1, -0.05) is 36.4 Å². The molecular formula is C20H14N2O3. The van der Waals surface area contributed by atoms with Gasteiger partial charge in [0.15, 0.2) is 0 Å². The normalized spacial score (nSPS) is 11.5. The highest BCUT2D eigenvalue weighted by Crippen LogP contribution is 2.38. The van der Waals surface area contributed by atoms with Crippen LogP contribution in [0.25, 0.3) is 11.1 Å². The van der Waals surface area contributed by atoms with E-state index in [4.69, 9.17) is 0 Å². The smallest absolute Gasteiger partial charge is 0.269 e. The predicted octanol–water partition coefficient (Wildman–Crippen LogP) is 4.42. The SMILES string of the molecule is O=C(Nc1ccc([N+](=O)[O-])cc1)c1cccc2c1Cc1ccccc1-2. The number of benzene rings is 3. The van der Waals surface area contributed by atoms with Gasteiger partial charge in [-0.15, -0.1) is 0 Å². The Morgan fingerprint density at radius 3 is 2.40 bits per heavy atom. The first kappa shape index (κ1) is 15.1. The van der Waals surface area contributed by atoms with Gasteiger partial charge in [-0.3, -0.25) is 14.9 Å². The second-order valence-electron chi connectivity index (χ2n) is 5.92. The maximum absolute atomic E-state index is 12.7. The second kappa shape index (κ2) is 5.87. The van der Waals surface area contributed by atoms with Gasteiger partial charge in [0, 0.05) is 23.4 Å². The summed E-state index contributed by atoms with van der Waals surface area (Å²) in [6.45, 7) is 0. The fraction of sp³-hybridized carbons (Fsp3) is 0.0500. The number of nitrogens with one attached hydrogen (secondary N) is 1. The molecule has 0 bridgehead atoms. The summed E-state index contributed by atoms with van der Waals surface area (Å²) in [6.07, 6.45) is 0.732. The van der Waals surface area contributed by atoms with Gasteiger partial charge in [0.05, 0.1) is 4.92 Å². The van der Waals surface area contributed by atoms with Crippen LogP contribution in [0.1, 0.15) is 21.5 Å². The number of amides is 1. The predicted molar refractivity (Wildman–Crippen MR) is 95.7 cm³/mol. The summed E-state index contributed by atoms with van der Waals surface area (Å²) in [5, 5.41) is 13.5. The zero-order chi connectivity index (χ0) is 17.4. The molecule has 0 saturated carbocycles. The van der Waals surface area contributed by atoms with Crippen LogP contribution < -0.4 is 5.32 Å². The van der Waals surface area contributed by atoms with Crippen molar-refractivity contribution in [1.29, 1.82) is 0 Å². The Morgan fingerprint density at radius 2 is 1.64 bits per heavy atom. The van der Waals surface area contributed by atoms with Crippen LogP contribution in [0.15, 0.2) is 66.7 Å². The summed E-state index contributed by atoms with van der Waals surface area (Å²) < 4.78 is 0. The number of carbonyl (C=O) groups excluding carboxylic acids is 1. The van der Waals surface area contributed by atoms with Crippen molar-refractivity contribution in [3.63, 3.8) is 0 Å². The van der Waals surface area contributed by atoms with Crippen molar-refractivity contribution < 1.29 is 9.72 Å². The summed E-state index contributed by atoms with van der Waals surface area (Å²) in [7, 11) is 0. The molecule has 3 aromatic carbocycles. The third-order valence-electron chi connectivity index (χ3n) is 4.43. The number of non-ortho nitro benzene ring substituents is 1. The van der Waals surface area contributed by atoms with E-state index in [0.717, 1.165) is 17.5 Å². The van der Waals surface area contributed by atoms with E-state index in [0.29, 0.717) is 11.3 Å². The Labute approximate surface area is 144 Å². The molecule has 1 N–H and O–H groups in total. The van der Waals surface area contributed by atoms with E-state index < -0.39 is 4.92 Å². The van der Waals surface area contributed by atoms with E-state index in [1.165, 1.54) is 35.4 Å². The second-order valence-corrected chi connectivity index (χ2v) is 5.92. The molecule has 0 unspecified atom stereocenters. The third-order valence-corrected chi connectivity index (χ3v) is 4.43. The van der Waals surface area contributed by atoms with Crippen LogP contribution in [0.3, 0.4) is 0 Å². The Morgan fingerprint density at radius 1 is 0.920 bits per heavy atom. The molecule has 0 aliphatic heterocycles. The number of nitrogens with zero attached hydrogens (tertiary/aromatic N) is 1. The van der Waals surface area contributed by atoms with E-state index in [1.54, 1.807) is 0 Å². The van der Waals surface area contributed by atoms with Crippen LogP contribution in [-0.4, -0.2) is 10.8 Å². The van der Waals surface area contributed by atoms with Crippen molar-refractivity contribution in [2.45, 2.75) is 6.42 Å². The molecule has 1 aliphatic carbocycles. The lowest BCUT2D eigenvalue weighted by atomic mass is 10.0. The zero-order valence-corrected chi connectivity index (χ0v) is 13.2. The quantitative estimate of drug-likeness (QED) is 0.446. The van der Waals surface area contributed by atoms with Gasteiger partial charge in [-0.25, -0.2) is 0 Å². The van der Waals surface area contributed by atoms with E-state index in [1.807, 2.05) is 30.3 Å². The summed E-state index contributed by atoms with van der Waals surface area (Å²) in [5.74, 6) is -0.210. The van der Waals surface area contributed by atoms with Crippen LogP contribution in [0.5, 0.6) is 0 Å². The molecule has 1 amide bonds. The average Bonchev–Trinajstić information content (AvgIpc) is 3.00. The largest absolute Gasteiger partial charge is 0.322 e. The first-order valence-electron chi connectivity index (χ1n) is 7.89. The number of nitro groups is 1. The molecule has 0 heterocycles. The first-order valence-corrected chi connectivity index (χ1v) is 7.89. The van der Waals surface area contributed by atoms with E-state index in [-0.39, 0.29) is 11.6 Å². The number of rotatable bonds is 3. The number of anilines is 1. The number of carbonyl (C=O) groups is 1. The molecular weight excluding hydrogens is 316 g/mol. The Kier molecular flexibility index (Phi) is 3.54. The third kappa shape index (κ3) is 2.65. The molecule has 0 aromatic heterocycles. The molecule has 0 atom stereocenters. The van der Waals surface area contributed by atoms with Gasteiger partial charge in [-0.2, -0.15) is 0 Å². The van der Waals surface area contributed by atoms with Crippen molar-refractivity contribution in [3.05, 3.63) is 93.5 Å². The highest BCUT2D eigenvalue weighted by Gasteiger charge is 2.23. The number of nitro benzene ring substituents is 1. The van der Waals surface area contributed by atoms with Crippen LogP contribution in [-0.2, 0) is 6.42 Å². The number of fused-ring (bicyclic) bond motifs is 3. The van der Waals surface area contributed by atoms with Crippen molar-refractivity contribution in [2.24, 2.45) is 0 Å². The monoisotopic (exact) mass is 330 g/mol. The van der Waals surface area contributed by atoms with Gasteiger partial charge in [0.25, 0.3) is 11.6 Å². The van der Waals surface area contributed by atoms with Gasteiger partial charge in [0.1, 0.15) is 0 Å². The average molecular weight is 330 g/mol. The van der Waals surface area contributed by atoms with Crippen LogP contribution in [0, 0.1) is 10.1 Å². The van der Waals surface area contributed by atoms with Crippen molar-refractivity contribution >= 4 is 17.3 Å². The Balaban J connectivity index is 1.63. The van der Waals surface area contributed by atoms with Crippen LogP contribution in [0.2, 0.25) is 0 Å². The van der Waals surface area contributed by atoms with Crippen LogP contribution in [0.4, 0.5) is 11.4 Å². The molecule has 122 valence electrons. The summed E-state index contributed by atoms with van der Waals surface area (Å²) in [5.41, 5.74) is 5.65. The Hall–Kier alpha value is -3.47. The van der Waals surface area contributed by atoms with Crippen molar-refractivity contribution in [2.75, 3.05) is 5.32 Å². The Bertz CT molecular complexity index is 994. The number of hydrogen-bond acceptors (Lipinski definition) is 3. The highest BCUT2D eigenvalue weighted by atomic mass is 16.6.